The summed E-state index contributed by atoms with van der Waals surface area (Å²) in [6.45, 7) is 1.97. The largest absolute Gasteiger partial charge is 0.486 e. The highest BCUT2D eigenvalue weighted by atomic mass is 16.5. The summed E-state index contributed by atoms with van der Waals surface area (Å²) < 4.78 is 5.78. The third kappa shape index (κ3) is 2.54. The molecule has 0 aromatic heterocycles. The van der Waals surface area contributed by atoms with E-state index in [1.807, 2.05) is 31.2 Å². The minimum Gasteiger partial charge on any atom is -0.486 e. The molecule has 0 radical (unpaired) electrons. The van der Waals surface area contributed by atoms with E-state index in [0.717, 1.165) is 24.2 Å². The summed E-state index contributed by atoms with van der Waals surface area (Å²) in [7, 11) is 0. The summed E-state index contributed by atoms with van der Waals surface area (Å²) in [5.74, 6) is 1.35. The molecule has 3 nitrogen and oxygen atoms in total. The molecule has 1 aromatic rings. The zero-order valence-electron chi connectivity index (χ0n) is 9.60. The number of nitrogens with two attached hydrogens (primary N) is 1. The molecule has 0 amide bonds. The van der Waals surface area contributed by atoms with E-state index in [9.17, 15) is 5.11 Å². The molecule has 3 heteroatoms. The van der Waals surface area contributed by atoms with E-state index in [0.29, 0.717) is 5.92 Å². The summed E-state index contributed by atoms with van der Waals surface area (Å²) in [6, 6.07) is 7.75. The Bertz CT molecular complexity index is 350. The van der Waals surface area contributed by atoms with Gasteiger partial charge in [-0.25, -0.2) is 0 Å². The van der Waals surface area contributed by atoms with Gasteiger partial charge in [0, 0.05) is 6.04 Å². The van der Waals surface area contributed by atoms with Crippen molar-refractivity contribution in [1.29, 1.82) is 0 Å². The average molecular weight is 221 g/mol. The number of hydrogen-bond donors (Lipinski definition) is 2. The van der Waals surface area contributed by atoms with E-state index in [4.69, 9.17) is 10.5 Å². The highest BCUT2D eigenvalue weighted by Gasteiger charge is 2.34. The van der Waals surface area contributed by atoms with Crippen LogP contribution in [-0.4, -0.2) is 23.9 Å². The first kappa shape index (κ1) is 11.4. The van der Waals surface area contributed by atoms with Crippen LogP contribution >= 0.6 is 0 Å². The normalized spacial score (nSPS) is 19.2. The van der Waals surface area contributed by atoms with Crippen LogP contribution in [0.25, 0.3) is 0 Å². The van der Waals surface area contributed by atoms with Gasteiger partial charge in [0.1, 0.15) is 11.9 Å². The Morgan fingerprint density at radius 2 is 2.12 bits per heavy atom. The van der Waals surface area contributed by atoms with E-state index in [1.165, 1.54) is 0 Å². The molecule has 88 valence electrons. The second-order valence-corrected chi connectivity index (χ2v) is 4.52. The lowest BCUT2D eigenvalue weighted by Crippen LogP contribution is -2.43. The van der Waals surface area contributed by atoms with Crippen molar-refractivity contribution in [2.24, 2.45) is 11.7 Å². The van der Waals surface area contributed by atoms with Crippen LogP contribution in [-0.2, 0) is 0 Å². The summed E-state index contributed by atoms with van der Waals surface area (Å²) in [5.41, 5.74) is 7.12. The van der Waals surface area contributed by atoms with Gasteiger partial charge in [0.15, 0.2) is 0 Å². The van der Waals surface area contributed by atoms with Crippen LogP contribution in [0.5, 0.6) is 5.75 Å². The van der Waals surface area contributed by atoms with Crippen molar-refractivity contribution in [2.45, 2.75) is 31.9 Å². The number of rotatable bonds is 5. The molecule has 1 aromatic carbocycles. The third-order valence-corrected chi connectivity index (χ3v) is 3.15. The highest BCUT2D eigenvalue weighted by Crippen LogP contribution is 2.34. The van der Waals surface area contributed by atoms with Crippen molar-refractivity contribution in [3.05, 3.63) is 29.8 Å². The molecule has 2 atom stereocenters. The maximum absolute atomic E-state index is 9.32. The predicted molar refractivity (Wildman–Crippen MR) is 63.4 cm³/mol. The topological polar surface area (TPSA) is 55.5 Å². The minimum absolute atomic E-state index is 0.0218. The lowest BCUT2D eigenvalue weighted by Gasteiger charge is -2.24. The maximum atomic E-state index is 9.32. The Morgan fingerprint density at radius 1 is 1.44 bits per heavy atom. The van der Waals surface area contributed by atoms with Crippen molar-refractivity contribution in [1.82, 2.24) is 0 Å². The highest BCUT2D eigenvalue weighted by molar-refractivity contribution is 5.32. The Labute approximate surface area is 96.2 Å². The van der Waals surface area contributed by atoms with Crippen molar-refractivity contribution in [2.75, 3.05) is 6.61 Å². The molecule has 1 fully saturated rings. The lowest BCUT2D eigenvalue weighted by atomic mass is 10.1. The first-order chi connectivity index (χ1) is 7.72. The molecule has 1 aliphatic carbocycles. The van der Waals surface area contributed by atoms with E-state index in [-0.39, 0.29) is 18.8 Å². The van der Waals surface area contributed by atoms with Gasteiger partial charge in [0.05, 0.1) is 6.61 Å². The van der Waals surface area contributed by atoms with Crippen LogP contribution in [0.3, 0.4) is 0 Å². The van der Waals surface area contributed by atoms with Gasteiger partial charge in [-0.05, 0) is 37.3 Å². The van der Waals surface area contributed by atoms with Crippen molar-refractivity contribution in [3.8, 4) is 5.75 Å². The summed E-state index contributed by atoms with van der Waals surface area (Å²) in [6.07, 6.45) is 2.04. The van der Waals surface area contributed by atoms with E-state index < -0.39 is 0 Å². The zero-order valence-corrected chi connectivity index (χ0v) is 9.60. The molecule has 3 N–H and O–H groups in total. The molecule has 2 unspecified atom stereocenters. The second-order valence-electron chi connectivity index (χ2n) is 4.52. The van der Waals surface area contributed by atoms with Crippen LogP contribution in [0.1, 0.15) is 18.4 Å². The van der Waals surface area contributed by atoms with E-state index in [1.54, 1.807) is 0 Å². The number of para-hydroxylation sites is 1. The molecule has 16 heavy (non-hydrogen) atoms. The first-order valence-corrected chi connectivity index (χ1v) is 5.81. The second kappa shape index (κ2) is 4.85. The number of ether oxygens (including phenoxy) is 1. The lowest BCUT2D eigenvalue weighted by molar-refractivity contribution is 0.0876. The quantitative estimate of drug-likeness (QED) is 0.791. The van der Waals surface area contributed by atoms with Gasteiger partial charge >= 0.3 is 0 Å². The van der Waals surface area contributed by atoms with Crippen molar-refractivity contribution < 1.29 is 9.84 Å². The van der Waals surface area contributed by atoms with Crippen LogP contribution in [0.2, 0.25) is 0 Å². The average Bonchev–Trinajstić information content (AvgIpc) is 3.11. The van der Waals surface area contributed by atoms with Gasteiger partial charge < -0.3 is 15.6 Å². The number of hydrogen-bond acceptors (Lipinski definition) is 3. The molecule has 2 rings (SSSR count). The minimum atomic E-state index is -0.284. The summed E-state index contributed by atoms with van der Waals surface area (Å²) in [5, 5.41) is 9.32. The van der Waals surface area contributed by atoms with Crippen LogP contribution in [0, 0.1) is 12.8 Å². The molecule has 0 saturated heterocycles. The molecule has 0 spiro atoms. The van der Waals surface area contributed by atoms with Gasteiger partial charge in [-0.1, -0.05) is 18.2 Å². The van der Waals surface area contributed by atoms with E-state index in [2.05, 4.69) is 0 Å². The standard InChI is InChI=1S/C13H19NO2/c1-9-4-2-3-5-11(9)16-12(8-15)13(14)10-6-7-10/h2-5,10,12-13,15H,6-8,14H2,1H3. The number of benzene rings is 1. The smallest absolute Gasteiger partial charge is 0.137 e. The van der Waals surface area contributed by atoms with Crippen LogP contribution in [0.4, 0.5) is 0 Å². The summed E-state index contributed by atoms with van der Waals surface area (Å²) >= 11 is 0. The Kier molecular flexibility index (Phi) is 3.46. The van der Waals surface area contributed by atoms with Gasteiger partial charge in [-0.2, -0.15) is 0 Å². The molecule has 0 aliphatic heterocycles. The fourth-order valence-electron chi connectivity index (χ4n) is 1.87. The Balaban J connectivity index is 2.03. The fourth-order valence-corrected chi connectivity index (χ4v) is 1.87. The molecular weight excluding hydrogens is 202 g/mol. The van der Waals surface area contributed by atoms with Gasteiger partial charge in [0.25, 0.3) is 0 Å². The van der Waals surface area contributed by atoms with Crippen molar-refractivity contribution in [3.63, 3.8) is 0 Å². The van der Waals surface area contributed by atoms with Gasteiger partial charge in [-0.3, -0.25) is 0 Å². The fraction of sp³-hybridized carbons (Fsp3) is 0.538. The molecule has 0 bridgehead atoms. The monoisotopic (exact) mass is 221 g/mol. The molecular formula is C13H19NO2. The number of aliphatic hydroxyl groups is 1. The molecule has 0 heterocycles. The summed E-state index contributed by atoms with van der Waals surface area (Å²) in [4.78, 5) is 0. The first-order valence-electron chi connectivity index (χ1n) is 5.81. The Hall–Kier alpha value is -1.06. The number of aliphatic hydroxyl groups excluding tert-OH is 1. The molecule has 1 aliphatic rings. The van der Waals surface area contributed by atoms with Crippen molar-refractivity contribution >= 4 is 0 Å². The predicted octanol–water partition coefficient (Wildman–Crippen LogP) is 1.47. The Morgan fingerprint density at radius 3 is 2.69 bits per heavy atom. The molecule has 1 saturated carbocycles. The van der Waals surface area contributed by atoms with Gasteiger partial charge in [0.2, 0.25) is 0 Å². The van der Waals surface area contributed by atoms with Crippen LogP contribution in [0.15, 0.2) is 24.3 Å². The van der Waals surface area contributed by atoms with Crippen LogP contribution < -0.4 is 10.5 Å². The SMILES string of the molecule is Cc1ccccc1OC(CO)C(N)C1CC1. The third-order valence-electron chi connectivity index (χ3n) is 3.15. The zero-order chi connectivity index (χ0) is 11.5. The van der Waals surface area contributed by atoms with E-state index >= 15 is 0 Å². The maximum Gasteiger partial charge on any atom is 0.137 e. The van der Waals surface area contributed by atoms with Gasteiger partial charge in [-0.15, -0.1) is 0 Å². The number of aryl methyl sites for hydroxylation is 1.